The zero-order valence-corrected chi connectivity index (χ0v) is 29.0. The maximum absolute atomic E-state index is 14.5. The molecule has 0 unspecified atom stereocenters. The molecule has 4 aromatic rings. The molecule has 0 bridgehead atoms. The van der Waals surface area contributed by atoms with Crippen molar-refractivity contribution in [2.45, 2.75) is 44.7 Å². The molecular formula is C36H39BrFN3O5S. The second kappa shape index (κ2) is 16.6. The van der Waals surface area contributed by atoms with Gasteiger partial charge >= 0.3 is 0 Å². The molecule has 0 aliphatic carbocycles. The first-order valence-electron chi connectivity index (χ1n) is 15.3. The largest absolute Gasteiger partial charge is 0.494 e. The van der Waals surface area contributed by atoms with Crippen molar-refractivity contribution >= 4 is 43.5 Å². The van der Waals surface area contributed by atoms with Crippen LogP contribution in [0.5, 0.6) is 5.75 Å². The summed E-state index contributed by atoms with van der Waals surface area (Å²) in [6.07, 6.45) is 0.204. The Kier molecular flexibility index (Phi) is 12.6. The number of carbonyl (C=O) groups excluding carboxylic acids is 2. The second-order valence-corrected chi connectivity index (χ2v) is 14.2. The number of nitrogens with one attached hydrogen (secondary N) is 1. The van der Waals surface area contributed by atoms with Crippen molar-refractivity contribution in [2.75, 3.05) is 24.0 Å². The van der Waals surface area contributed by atoms with Crippen LogP contribution in [0.3, 0.4) is 0 Å². The molecule has 0 saturated heterocycles. The molecular weight excluding hydrogens is 685 g/mol. The zero-order chi connectivity index (χ0) is 34.0. The minimum absolute atomic E-state index is 0.0407. The van der Waals surface area contributed by atoms with E-state index in [1.807, 2.05) is 75.4 Å². The molecule has 8 nitrogen and oxygen atoms in total. The first-order chi connectivity index (χ1) is 22.5. The quantitative estimate of drug-likeness (QED) is 0.149. The summed E-state index contributed by atoms with van der Waals surface area (Å²) in [5.74, 6) is -0.851. The standard InChI is InChI=1S/C36H39BrFN3O5S/c1-4-46-32-18-20-33(21-19-32)47(44,45)41(31-16-14-30(38)15-17-31)25-35(42)40(24-28-10-12-29(37)13-11-28)34(36(43)39-23-26(2)3)22-27-8-6-5-7-9-27/h5-21,26,34H,4,22-25H2,1-3H3,(H,39,43)/t34-/m1/s1. The van der Waals surface area contributed by atoms with E-state index in [1.54, 1.807) is 0 Å². The van der Waals surface area contributed by atoms with E-state index >= 15 is 0 Å². The van der Waals surface area contributed by atoms with Crippen LogP contribution in [0.2, 0.25) is 0 Å². The second-order valence-electron chi connectivity index (χ2n) is 11.4. The number of amides is 2. The summed E-state index contributed by atoms with van der Waals surface area (Å²) in [5, 5.41) is 2.97. The summed E-state index contributed by atoms with van der Waals surface area (Å²) in [6, 6.07) is 26.5. The summed E-state index contributed by atoms with van der Waals surface area (Å²) < 4.78 is 49.5. The minimum Gasteiger partial charge on any atom is -0.494 e. The highest BCUT2D eigenvalue weighted by atomic mass is 79.9. The van der Waals surface area contributed by atoms with Gasteiger partial charge in [-0.25, -0.2) is 12.8 Å². The Morgan fingerprint density at radius 3 is 2.11 bits per heavy atom. The van der Waals surface area contributed by atoms with E-state index in [0.717, 1.165) is 32.0 Å². The minimum atomic E-state index is -4.33. The van der Waals surface area contributed by atoms with Crippen LogP contribution in [-0.2, 0) is 32.6 Å². The van der Waals surface area contributed by atoms with Gasteiger partial charge in [-0.2, -0.15) is 0 Å². The van der Waals surface area contributed by atoms with Gasteiger partial charge in [0.05, 0.1) is 17.2 Å². The highest BCUT2D eigenvalue weighted by molar-refractivity contribution is 9.10. The first kappa shape index (κ1) is 35.6. The smallest absolute Gasteiger partial charge is 0.264 e. The molecule has 1 N–H and O–H groups in total. The number of ether oxygens (including phenoxy) is 1. The van der Waals surface area contributed by atoms with Crippen LogP contribution in [0.4, 0.5) is 10.1 Å². The number of sulfonamides is 1. The summed E-state index contributed by atoms with van der Waals surface area (Å²) in [5.41, 5.74) is 1.68. The van der Waals surface area contributed by atoms with E-state index in [0.29, 0.717) is 18.9 Å². The average Bonchev–Trinajstić information content (AvgIpc) is 3.06. The van der Waals surface area contributed by atoms with Crippen molar-refractivity contribution in [3.8, 4) is 5.75 Å². The van der Waals surface area contributed by atoms with Crippen LogP contribution in [0.15, 0.2) is 112 Å². The molecule has 0 saturated carbocycles. The molecule has 0 radical (unpaired) electrons. The van der Waals surface area contributed by atoms with E-state index < -0.39 is 34.3 Å². The number of nitrogens with zero attached hydrogens (tertiary/aromatic N) is 2. The van der Waals surface area contributed by atoms with Crippen LogP contribution in [0.1, 0.15) is 31.9 Å². The van der Waals surface area contributed by atoms with Gasteiger partial charge in [-0.05, 0) is 84.6 Å². The van der Waals surface area contributed by atoms with Gasteiger partial charge in [0.1, 0.15) is 24.2 Å². The Morgan fingerprint density at radius 2 is 1.51 bits per heavy atom. The fourth-order valence-corrected chi connectivity index (χ4v) is 6.58. The van der Waals surface area contributed by atoms with Crippen molar-refractivity contribution in [2.24, 2.45) is 5.92 Å². The number of halogens is 2. The van der Waals surface area contributed by atoms with Crippen LogP contribution in [0, 0.1) is 11.7 Å². The number of hydrogen-bond acceptors (Lipinski definition) is 5. The van der Waals surface area contributed by atoms with E-state index in [-0.39, 0.29) is 35.4 Å². The van der Waals surface area contributed by atoms with Gasteiger partial charge in [0.15, 0.2) is 0 Å². The summed E-state index contributed by atoms with van der Waals surface area (Å²) in [7, 11) is -4.33. The molecule has 248 valence electrons. The van der Waals surface area contributed by atoms with Gasteiger partial charge in [-0.15, -0.1) is 0 Å². The van der Waals surface area contributed by atoms with Crippen molar-refractivity contribution in [3.05, 3.63) is 125 Å². The van der Waals surface area contributed by atoms with E-state index in [9.17, 15) is 22.4 Å². The van der Waals surface area contributed by atoms with Crippen molar-refractivity contribution in [1.29, 1.82) is 0 Å². The van der Waals surface area contributed by atoms with Crippen LogP contribution in [0.25, 0.3) is 0 Å². The average molecular weight is 725 g/mol. The molecule has 47 heavy (non-hydrogen) atoms. The van der Waals surface area contributed by atoms with Crippen LogP contribution >= 0.6 is 15.9 Å². The Labute approximate surface area is 284 Å². The number of rotatable bonds is 15. The Morgan fingerprint density at radius 1 is 0.872 bits per heavy atom. The maximum atomic E-state index is 14.5. The maximum Gasteiger partial charge on any atom is 0.264 e. The lowest BCUT2D eigenvalue weighted by atomic mass is 10.0. The summed E-state index contributed by atoms with van der Waals surface area (Å²) >= 11 is 3.44. The fraction of sp³-hybridized carbons (Fsp3) is 0.278. The number of benzene rings is 4. The highest BCUT2D eigenvalue weighted by Gasteiger charge is 2.34. The topological polar surface area (TPSA) is 96.0 Å². The lowest BCUT2D eigenvalue weighted by Crippen LogP contribution is -2.53. The van der Waals surface area contributed by atoms with Crippen LogP contribution < -0.4 is 14.4 Å². The first-order valence-corrected chi connectivity index (χ1v) is 17.6. The van der Waals surface area contributed by atoms with Crippen molar-refractivity contribution < 1.29 is 27.1 Å². The van der Waals surface area contributed by atoms with Crippen LogP contribution in [-0.4, -0.2) is 50.9 Å². The number of carbonyl (C=O) groups is 2. The summed E-state index contributed by atoms with van der Waals surface area (Å²) in [6.45, 7) is 5.98. The number of hydrogen-bond donors (Lipinski definition) is 1. The monoisotopic (exact) mass is 723 g/mol. The van der Waals surface area contributed by atoms with E-state index in [4.69, 9.17) is 4.74 Å². The van der Waals surface area contributed by atoms with Crippen molar-refractivity contribution in [1.82, 2.24) is 10.2 Å². The lowest BCUT2D eigenvalue weighted by molar-refractivity contribution is -0.140. The molecule has 11 heteroatoms. The van der Waals surface area contributed by atoms with Gasteiger partial charge in [0, 0.05) is 24.0 Å². The predicted molar refractivity (Wildman–Crippen MR) is 185 cm³/mol. The molecule has 0 aromatic heterocycles. The molecule has 0 heterocycles. The van der Waals surface area contributed by atoms with Crippen molar-refractivity contribution in [3.63, 3.8) is 0 Å². The molecule has 4 rings (SSSR count). The molecule has 0 fully saturated rings. The summed E-state index contributed by atoms with van der Waals surface area (Å²) in [4.78, 5) is 29.7. The lowest BCUT2D eigenvalue weighted by Gasteiger charge is -2.34. The molecule has 0 aliphatic rings. The third-order valence-electron chi connectivity index (χ3n) is 7.34. The van der Waals surface area contributed by atoms with Gasteiger partial charge in [-0.3, -0.25) is 13.9 Å². The third kappa shape index (κ3) is 9.89. The molecule has 0 aliphatic heterocycles. The van der Waals surface area contributed by atoms with Gasteiger partial charge in [-0.1, -0.05) is 72.2 Å². The Hall–Kier alpha value is -4.22. The molecule has 1 atom stereocenters. The van der Waals surface area contributed by atoms with Gasteiger partial charge < -0.3 is 15.0 Å². The SMILES string of the molecule is CCOc1ccc(S(=O)(=O)N(CC(=O)N(Cc2ccc(Br)cc2)[C@H](Cc2ccccc2)C(=O)NCC(C)C)c2ccc(F)cc2)cc1. The molecule has 2 amide bonds. The zero-order valence-electron chi connectivity index (χ0n) is 26.6. The predicted octanol–water partition coefficient (Wildman–Crippen LogP) is 6.59. The van der Waals surface area contributed by atoms with Gasteiger partial charge in [0.25, 0.3) is 10.0 Å². The number of anilines is 1. The third-order valence-corrected chi connectivity index (χ3v) is 9.65. The van der Waals surface area contributed by atoms with Gasteiger partial charge in [0.2, 0.25) is 11.8 Å². The highest BCUT2D eigenvalue weighted by Crippen LogP contribution is 2.27. The Bertz CT molecular complexity index is 1720. The fourth-order valence-electron chi connectivity index (χ4n) is 4.90. The molecule has 4 aromatic carbocycles. The Balaban J connectivity index is 1.78. The normalized spacial score (nSPS) is 12.0. The van der Waals surface area contributed by atoms with E-state index in [1.165, 1.54) is 41.3 Å². The molecule has 0 spiro atoms. The van der Waals surface area contributed by atoms with E-state index in [2.05, 4.69) is 21.2 Å².